The Morgan fingerprint density at radius 2 is 1.92 bits per heavy atom. The SMILES string of the molecule is CC1CN(c2ccc(S(=O)(=O)Nc3ccncn3)cc2)CCN1C[C@H](C)n1ccc2c(F)cccc21.O.[HH]. The smallest absolute Gasteiger partial charge is 0.263 e. The second-order valence-corrected chi connectivity index (χ2v) is 10.9. The first-order chi connectivity index (χ1) is 17.3. The number of anilines is 2. The number of benzene rings is 2. The van der Waals surface area contributed by atoms with Gasteiger partial charge in [0, 0.05) is 63.2 Å². The van der Waals surface area contributed by atoms with Crippen molar-refractivity contribution in [2.45, 2.75) is 30.8 Å². The monoisotopic (exact) mass is 528 g/mol. The van der Waals surface area contributed by atoms with Crippen molar-refractivity contribution >= 4 is 32.4 Å². The molecular formula is C26H33FN6O3S. The van der Waals surface area contributed by atoms with Crippen LogP contribution in [0.5, 0.6) is 0 Å². The summed E-state index contributed by atoms with van der Waals surface area (Å²) >= 11 is 0. The van der Waals surface area contributed by atoms with Crippen molar-refractivity contribution in [2.75, 3.05) is 35.8 Å². The molecule has 3 N–H and O–H groups in total. The predicted octanol–water partition coefficient (Wildman–Crippen LogP) is 3.56. The highest BCUT2D eigenvalue weighted by atomic mass is 32.2. The van der Waals surface area contributed by atoms with Gasteiger partial charge in [0.15, 0.2) is 0 Å². The van der Waals surface area contributed by atoms with E-state index in [1.165, 1.54) is 24.7 Å². The molecule has 1 saturated heterocycles. The molecule has 1 fully saturated rings. The zero-order chi connectivity index (χ0) is 25.3. The number of hydrogen-bond donors (Lipinski definition) is 1. The van der Waals surface area contributed by atoms with Crippen LogP contribution in [0.4, 0.5) is 15.9 Å². The maximum Gasteiger partial charge on any atom is 0.263 e. The van der Waals surface area contributed by atoms with Crippen LogP contribution in [0.15, 0.2) is 78.2 Å². The molecule has 2 aromatic carbocycles. The summed E-state index contributed by atoms with van der Waals surface area (Å²) in [5, 5.41) is 0.653. The number of nitrogens with zero attached hydrogens (tertiary/aromatic N) is 5. The lowest BCUT2D eigenvalue weighted by molar-refractivity contribution is 0.167. The van der Waals surface area contributed by atoms with Crippen LogP contribution >= 0.6 is 0 Å². The quantitative estimate of drug-likeness (QED) is 0.392. The Balaban J connectivity index is 0.00000200. The van der Waals surface area contributed by atoms with E-state index in [2.05, 4.69) is 42.9 Å². The molecule has 5 rings (SSSR count). The zero-order valence-electron chi connectivity index (χ0n) is 20.8. The number of piperazine rings is 1. The van der Waals surface area contributed by atoms with Crippen molar-refractivity contribution in [3.63, 3.8) is 0 Å². The zero-order valence-corrected chi connectivity index (χ0v) is 21.6. The first-order valence-corrected chi connectivity index (χ1v) is 13.4. The number of nitrogens with one attached hydrogen (secondary N) is 1. The minimum Gasteiger partial charge on any atom is -0.412 e. The molecule has 1 aliphatic heterocycles. The fraction of sp³-hybridized carbons (Fsp3) is 0.308. The Morgan fingerprint density at radius 3 is 2.62 bits per heavy atom. The summed E-state index contributed by atoms with van der Waals surface area (Å²) in [7, 11) is -3.73. The third kappa shape index (κ3) is 5.58. The van der Waals surface area contributed by atoms with Crippen molar-refractivity contribution in [3.8, 4) is 0 Å². The molecule has 0 saturated carbocycles. The van der Waals surface area contributed by atoms with E-state index < -0.39 is 10.0 Å². The highest BCUT2D eigenvalue weighted by Crippen LogP contribution is 2.26. The van der Waals surface area contributed by atoms with Crippen molar-refractivity contribution in [2.24, 2.45) is 0 Å². The average Bonchev–Trinajstić information content (AvgIpc) is 3.31. The van der Waals surface area contributed by atoms with Crippen LogP contribution in [0.2, 0.25) is 0 Å². The number of halogens is 1. The molecule has 1 aliphatic rings. The standard InChI is InChI=1S/C26H29FN6O2S.H2O.H2/c1-19-16-32(21-6-8-22(9-7-21)36(34,35)30-26-10-12-28-18-29-26)15-14-31(19)17-20(2)33-13-11-23-24(27)4-3-5-25(23)33;;/h3-13,18-20H,14-17H2,1-2H3,(H,28,29,30);1H2;1H/t19?,20-;;/m0../s1. The molecule has 0 spiro atoms. The summed E-state index contributed by atoms with van der Waals surface area (Å²) in [6.07, 6.45) is 4.74. The van der Waals surface area contributed by atoms with E-state index in [0.29, 0.717) is 11.4 Å². The third-order valence-electron chi connectivity index (χ3n) is 6.78. The molecule has 0 amide bonds. The molecule has 1 unspecified atom stereocenters. The maximum absolute atomic E-state index is 14.1. The molecule has 9 nitrogen and oxygen atoms in total. The van der Waals surface area contributed by atoms with Gasteiger partial charge >= 0.3 is 0 Å². The second kappa shape index (κ2) is 10.8. The topological polar surface area (TPSA) is 115 Å². The normalized spacial score (nSPS) is 17.4. The first-order valence-electron chi connectivity index (χ1n) is 11.9. The van der Waals surface area contributed by atoms with E-state index in [9.17, 15) is 12.8 Å². The summed E-state index contributed by atoms with van der Waals surface area (Å²) in [4.78, 5) is 12.6. The lowest BCUT2D eigenvalue weighted by atomic mass is 10.1. The van der Waals surface area contributed by atoms with Crippen molar-refractivity contribution in [3.05, 3.63) is 79.1 Å². The highest BCUT2D eigenvalue weighted by molar-refractivity contribution is 7.92. The Morgan fingerprint density at radius 1 is 1.14 bits per heavy atom. The van der Waals surface area contributed by atoms with Gasteiger partial charge in [-0.1, -0.05) is 6.07 Å². The van der Waals surface area contributed by atoms with Gasteiger partial charge < -0.3 is 14.9 Å². The summed E-state index contributed by atoms with van der Waals surface area (Å²) in [6.45, 7) is 7.78. The van der Waals surface area contributed by atoms with E-state index in [4.69, 9.17) is 0 Å². The van der Waals surface area contributed by atoms with Crippen LogP contribution in [0.25, 0.3) is 10.9 Å². The van der Waals surface area contributed by atoms with E-state index in [-0.39, 0.29) is 29.5 Å². The third-order valence-corrected chi connectivity index (χ3v) is 8.15. The van der Waals surface area contributed by atoms with E-state index in [1.807, 2.05) is 30.5 Å². The van der Waals surface area contributed by atoms with Gasteiger partial charge in [-0.15, -0.1) is 0 Å². The molecule has 0 radical (unpaired) electrons. The molecule has 198 valence electrons. The Kier molecular flexibility index (Phi) is 7.76. The minimum atomic E-state index is -3.73. The van der Waals surface area contributed by atoms with Gasteiger partial charge in [-0.3, -0.25) is 9.62 Å². The van der Waals surface area contributed by atoms with Crippen molar-refractivity contribution in [1.29, 1.82) is 0 Å². The van der Waals surface area contributed by atoms with Crippen LogP contribution in [0.1, 0.15) is 21.3 Å². The molecule has 2 atom stereocenters. The summed E-state index contributed by atoms with van der Waals surface area (Å²) in [5.74, 6) is 0.0374. The minimum absolute atomic E-state index is 0. The van der Waals surface area contributed by atoms with Crippen LogP contribution in [0.3, 0.4) is 0 Å². The van der Waals surface area contributed by atoms with Gasteiger partial charge in [0.1, 0.15) is 18.0 Å². The number of rotatable bonds is 7. The fourth-order valence-electron chi connectivity index (χ4n) is 4.85. The van der Waals surface area contributed by atoms with E-state index in [1.54, 1.807) is 18.2 Å². The lowest BCUT2D eigenvalue weighted by Crippen LogP contribution is -2.53. The first kappa shape index (κ1) is 26.5. The van der Waals surface area contributed by atoms with Crippen molar-refractivity contribution < 1.29 is 19.7 Å². The van der Waals surface area contributed by atoms with Crippen molar-refractivity contribution in [1.82, 2.24) is 19.4 Å². The molecule has 11 heteroatoms. The number of fused-ring (bicyclic) bond motifs is 1. The van der Waals surface area contributed by atoms with E-state index >= 15 is 0 Å². The highest BCUT2D eigenvalue weighted by Gasteiger charge is 2.26. The van der Waals surface area contributed by atoms with Crippen LogP contribution in [-0.2, 0) is 10.0 Å². The van der Waals surface area contributed by atoms with Gasteiger partial charge in [0.25, 0.3) is 10.0 Å². The molecule has 0 bridgehead atoms. The summed E-state index contributed by atoms with van der Waals surface area (Å²) in [6, 6.07) is 16.0. The van der Waals surface area contributed by atoms with Gasteiger partial charge in [-0.25, -0.2) is 22.8 Å². The second-order valence-electron chi connectivity index (χ2n) is 9.23. The average molecular weight is 529 g/mol. The fourth-order valence-corrected chi connectivity index (χ4v) is 5.86. The van der Waals surface area contributed by atoms with Crippen LogP contribution in [0, 0.1) is 5.82 Å². The molecule has 4 aromatic rings. The Hall–Kier alpha value is -3.54. The maximum atomic E-state index is 14.1. The Bertz CT molecular complexity index is 1450. The summed E-state index contributed by atoms with van der Waals surface area (Å²) < 4.78 is 44.1. The molecule has 3 heterocycles. The molecule has 37 heavy (non-hydrogen) atoms. The van der Waals surface area contributed by atoms with Gasteiger partial charge in [0.05, 0.1) is 10.4 Å². The number of aromatic nitrogens is 3. The van der Waals surface area contributed by atoms with E-state index in [0.717, 1.165) is 37.4 Å². The number of hydrogen-bond acceptors (Lipinski definition) is 6. The van der Waals surface area contributed by atoms with Gasteiger partial charge in [-0.05, 0) is 62.4 Å². The van der Waals surface area contributed by atoms with Crippen LogP contribution < -0.4 is 9.62 Å². The molecular weight excluding hydrogens is 495 g/mol. The molecule has 0 aliphatic carbocycles. The predicted molar refractivity (Wildman–Crippen MR) is 145 cm³/mol. The Labute approximate surface area is 217 Å². The molecule has 2 aromatic heterocycles. The van der Waals surface area contributed by atoms with Gasteiger partial charge in [-0.2, -0.15) is 0 Å². The largest absolute Gasteiger partial charge is 0.412 e. The number of sulfonamides is 1. The van der Waals surface area contributed by atoms with Gasteiger partial charge in [0.2, 0.25) is 0 Å². The van der Waals surface area contributed by atoms with Crippen LogP contribution in [-0.4, -0.2) is 65.5 Å². The lowest BCUT2D eigenvalue weighted by Gasteiger charge is -2.42. The summed E-state index contributed by atoms with van der Waals surface area (Å²) in [5.41, 5.74) is 1.90.